The van der Waals surface area contributed by atoms with E-state index < -0.39 is 5.41 Å². The number of piperazine rings is 1. The molecule has 0 aromatic heterocycles. The summed E-state index contributed by atoms with van der Waals surface area (Å²) < 4.78 is 0. The zero-order chi connectivity index (χ0) is 14.2. The van der Waals surface area contributed by atoms with Crippen molar-refractivity contribution in [2.24, 2.45) is 5.41 Å². The van der Waals surface area contributed by atoms with E-state index in [0.29, 0.717) is 0 Å². The number of hydrogen-bond acceptors (Lipinski definition) is 2. The molecular formula is C17H20N2O. The summed E-state index contributed by atoms with van der Waals surface area (Å²) in [5.41, 5.74) is 1.70. The molecule has 1 saturated heterocycles. The van der Waals surface area contributed by atoms with Gasteiger partial charge in [0.05, 0.1) is 5.41 Å². The standard InChI is InChI=1S/C17H20N2O/c1-14-8-9-17(14,2)16(20)19-12-10-18(11-13-19)15-6-4-3-5-7-15/h3-9H,1,10-13H2,2H3. The first-order chi connectivity index (χ1) is 9.61. The van der Waals surface area contributed by atoms with Crippen LogP contribution in [0.4, 0.5) is 5.69 Å². The highest BCUT2D eigenvalue weighted by molar-refractivity contribution is 5.91. The Bertz CT molecular complexity index is 556. The van der Waals surface area contributed by atoms with Crippen LogP contribution in [-0.4, -0.2) is 37.0 Å². The highest BCUT2D eigenvalue weighted by Crippen LogP contribution is 2.39. The van der Waals surface area contributed by atoms with Gasteiger partial charge in [-0.2, -0.15) is 0 Å². The lowest BCUT2D eigenvalue weighted by Gasteiger charge is -2.42. The number of hydrogen-bond donors (Lipinski definition) is 0. The maximum atomic E-state index is 12.6. The Morgan fingerprint density at radius 2 is 1.80 bits per heavy atom. The van der Waals surface area contributed by atoms with Crippen molar-refractivity contribution in [3.8, 4) is 0 Å². The molecule has 3 rings (SSSR count). The van der Waals surface area contributed by atoms with Crippen LogP contribution in [0.2, 0.25) is 0 Å². The average molecular weight is 268 g/mol. The zero-order valence-electron chi connectivity index (χ0n) is 11.9. The first-order valence-corrected chi connectivity index (χ1v) is 7.09. The molecule has 1 aliphatic carbocycles. The minimum absolute atomic E-state index is 0.192. The van der Waals surface area contributed by atoms with Gasteiger partial charge in [-0.1, -0.05) is 36.9 Å². The van der Waals surface area contributed by atoms with Crippen LogP contribution >= 0.6 is 0 Å². The molecule has 1 heterocycles. The predicted octanol–water partition coefficient (Wildman–Crippen LogP) is 2.47. The molecule has 0 radical (unpaired) electrons. The van der Waals surface area contributed by atoms with Gasteiger partial charge in [0.1, 0.15) is 0 Å². The monoisotopic (exact) mass is 268 g/mol. The van der Waals surface area contributed by atoms with E-state index in [1.54, 1.807) is 0 Å². The van der Waals surface area contributed by atoms with Crippen LogP contribution < -0.4 is 4.90 Å². The molecule has 0 bridgehead atoms. The maximum Gasteiger partial charge on any atom is 0.236 e. The van der Waals surface area contributed by atoms with E-state index in [9.17, 15) is 4.79 Å². The quantitative estimate of drug-likeness (QED) is 0.822. The van der Waals surface area contributed by atoms with Gasteiger partial charge >= 0.3 is 0 Å². The van der Waals surface area contributed by atoms with E-state index in [1.807, 2.05) is 30.0 Å². The fourth-order valence-electron chi connectivity index (χ4n) is 2.79. The van der Waals surface area contributed by atoms with E-state index in [2.05, 4.69) is 35.7 Å². The predicted molar refractivity (Wildman–Crippen MR) is 81.6 cm³/mol. The Labute approximate surface area is 120 Å². The summed E-state index contributed by atoms with van der Waals surface area (Å²) in [6, 6.07) is 10.4. The van der Waals surface area contributed by atoms with E-state index in [4.69, 9.17) is 0 Å². The number of carbonyl (C=O) groups excluding carboxylic acids is 1. The summed E-state index contributed by atoms with van der Waals surface area (Å²) >= 11 is 0. The van der Waals surface area contributed by atoms with Crippen molar-refractivity contribution >= 4 is 11.6 Å². The van der Waals surface area contributed by atoms with Gasteiger partial charge in [0.2, 0.25) is 5.91 Å². The van der Waals surface area contributed by atoms with Gasteiger partial charge in [-0.25, -0.2) is 0 Å². The van der Waals surface area contributed by atoms with E-state index in [-0.39, 0.29) is 5.91 Å². The normalized spacial score (nSPS) is 25.6. The van der Waals surface area contributed by atoms with Crippen LogP contribution in [0.1, 0.15) is 6.92 Å². The molecule has 104 valence electrons. The highest BCUT2D eigenvalue weighted by Gasteiger charge is 2.41. The van der Waals surface area contributed by atoms with Crippen LogP contribution in [0.5, 0.6) is 0 Å². The van der Waals surface area contributed by atoms with Crippen LogP contribution in [-0.2, 0) is 4.79 Å². The van der Waals surface area contributed by atoms with Crippen molar-refractivity contribution in [2.75, 3.05) is 31.1 Å². The third-order valence-corrected chi connectivity index (χ3v) is 4.42. The molecule has 1 fully saturated rings. The molecule has 20 heavy (non-hydrogen) atoms. The van der Waals surface area contributed by atoms with Crippen molar-refractivity contribution in [2.45, 2.75) is 6.92 Å². The number of allylic oxidation sites excluding steroid dienone is 1. The van der Waals surface area contributed by atoms with Crippen molar-refractivity contribution < 1.29 is 4.79 Å². The minimum atomic E-state index is -0.463. The molecule has 0 spiro atoms. The Morgan fingerprint density at radius 3 is 2.30 bits per heavy atom. The SMILES string of the molecule is C=C1C=CC1(C)C(=O)N1CCN(c2ccccc2)CC1. The third-order valence-electron chi connectivity index (χ3n) is 4.42. The number of anilines is 1. The summed E-state index contributed by atoms with van der Waals surface area (Å²) in [5.74, 6) is 0.192. The highest BCUT2D eigenvalue weighted by atomic mass is 16.2. The van der Waals surface area contributed by atoms with Gasteiger partial charge in [0, 0.05) is 31.9 Å². The molecule has 3 heteroatoms. The second-order valence-corrected chi connectivity index (χ2v) is 5.68. The number of amides is 1. The molecular weight excluding hydrogens is 248 g/mol. The lowest BCUT2D eigenvalue weighted by atomic mass is 9.73. The van der Waals surface area contributed by atoms with Crippen molar-refractivity contribution in [1.82, 2.24) is 4.90 Å². The summed E-state index contributed by atoms with van der Waals surface area (Å²) in [6.07, 6.45) is 3.89. The molecule has 1 amide bonds. The molecule has 3 nitrogen and oxygen atoms in total. The van der Waals surface area contributed by atoms with Crippen molar-refractivity contribution in [3.05, 3.63) is 54.6 Å². The van der Waals surface area contributed by atoms with Gasteiger partial charge in [-0.05, 0) is 24.6 Å². The Balaban J connectivity index is 1.63. The Kier molecular flexibility index (Phi) is 3.13. The van der Waals surface area contributed by atoms with Crippen molar-refractivity contribution in [3.63, 3.8) is 0 Å². The smallest absolute Gasteiger partial charge is 0.236 e. The first kappa shape index (κ1) is 13.0. The topological polar surface area (TPSA) is 23.6 Å². The van der Waals surface area contributed by atoms with Crippen LogP contribution in [0.3, 0.4) is 0 Å². The lowest BCUT2D eigenvalue weighted by molar-refractivity contribution is -0.137. The number of para-hydroxylation sites is 1. The van der Waals surface area contributed by atoms with Crippen LogP contribution in [0, 0.1) is 5.41 Å². The summed E-state index contributed by atoms with van der Waals surface area (Å²) in [6.45, 7) is 9.25. The van der Waals surface area contributed by atoms with Crippen LogP contribution in [0.15, 0.2) is 54.6 Å². The van der Waals surface area contributed by atoms with E-state index in [1.165, 1.54) is 5.69 Å². The third kappa shape index (κ3) is 2.03. The average Bonchev–Trinajstić information content (AvgIpc) is 2.53. The number of nitrogens with zero attached hydrogens (tertiary/aromatic N) is 2. The molecule has 1 aromatic rings. The van der Waals surface area contributed by atoms with Gasteiger partial charge in [-0.3, -0.25) is 4.79 Å². The Morgan fingerprint density at radius 1 is 1.15 bits per heavy atom. The summed E-state index contributed by atoms with van der Waals surface area (Å²) in [4.78, 5) is 16.8. The van der Waals surface area contributed by atoms with Gasteiger partial charge in [-0.15, -0.1) is 0 Å². The molecule has 1 aromatic carbocycles. The second-order valence-electron chi connectivity index (χ2n) is 5.68. The molecule has 0 N–H and O–H groups in total. The lowest BCUT2D eigenvalue weighted by Crippen LogP contribution is -2.53. The molecule has 0 saturated carbocycles. The molecule has 2 aliphatic rings. The largest absolute Gasteiger partial charge is 0.368 e. The molecule has 1 atom stereocenters. The van der Waals surface area contributed by atoms with Crippen LogP contribution in [0.25, 0.3) is 0 Å². The fraction of sp³-hybridized carbons (Fsp3) is 0.353. The van der Waals surface area contributed by atoms with E-state index >= 15 is 0 Å². The fourth-order valence-corrected chi connectivity index (χ4v) is 2.79. The second kappa shape index (κ2) is 4.82. The maximum absolute atomic E-state index is 12.6. The van der Waals surface area contributed by atoms with Gasteiger partial charge in [0.25, 0.3) is 0 Å². The summed E-state index contributed by atoms with van der Waals surface area (Å²) in [5, 5.41) is 0. The Hall–Kier alpha value is -2.03. The number of rotatable bonds is 2. The van der Waals surface area contributed by atoms with Gasteiger partial charge in [0.15, 0.2) is 0 Å². The minimum Gasteiger partial charge on any atom is -0.368 e. The summed E-state index contributed by atoms with van der Waals surface area (Å²) in [7, 11) is 0. The van der Waals surface area contributed by atoms with Gasteiger partial charge < -0.3 is 9.80 Å². The first-order valence-electron chi connectivity index (χ1n) is 7.09. The van der Waals surface area contributed by atoms with E-state index in [0.717, 1.165) is 31.8 Å². The molecule has 1 unspecified atom stereocenters. The van der Waals surface area contributed by atoms with Crippen molar-refractivity contribution in [1.29, 1.82) is 0 Å². The molecule has 1 aliphatic heterocycles. The number of benzene rings is 1. The number of carbonyl (C=O) groups is 1. The zero-order valence-corrected chi connectivity index (χ0v) is 11.9.